The molecule has 13 aromatic rings. The summed E-state index contributed by atoms with van der Waals surface area (Å²) in [6.07, 6.45) is 0. The van der Waals surface area contributed by atoms with Gasteiger partial charge >= 0.3 is 0 Å². The van der Waals surface area contributed by atoms with Crippen molar-refractivity contribution in [3.05, 3.63) is 255 Å². The molecule has 3 heteroatoms. The molecule has 0 radical (unpaired) electrons. The van der Waals surface area contributed by atoms with Crippen LogP contribution >= 0.6 is 0 Å². The van der Waals surface area contributed by atoms with Gasteiger partial charge in [-0.15, -0.1) is 0 Å². The molecule has 0 amide bonds. The fourth-order valence-electron chi connectivity index (χ4n) is 10.3. The molecule has 0 fully saturated rings. The lowest BCUT2D eigenvalue weighted by Gasteiger charge is -2.26. The van der Waals surface area contributed by atoms with E-state index >= 15 is 0 Å². The summed E-state index contributed by atoms with van der Waals surface area (Å²) in [4.78, 5) is 2.37. The Kier molecular flexibility index (Phi) is 9.17. The van der Waals surface area contributed by atoms with Crippen LogP contribution < -0.4 is 4.90 Å². The van der Waals surface area contributed by atoms with Gasteiger partial charge in [0.2, 0.25) is 0 Å². The van der Waals surface area contributed by atoms with Gasteiger partial charge in [0.05, 0.1) is 22.1 Å². The maximum Gasteiger partial charge on any atom is 0.137 e. The maximum atomic E-state index is 6.44. The summed E-state index contributed by atoms with van der Waals surface area (Å²) in [5.74, 6) is 0. The molecule has 0 saturated heterocycles. The van der Waals surface area contributed by atoms with Crippen molar-refractivity contribution in [3.8, 4) is 50.2 Å². The number of aromatic nitrogens is 1. The van der Waals surface area contributed by atoms with Gasteiger partial charge in [0, 0.05) is 33.2 Å². The third-order valence-corrected chi connectivity index (χ3v) is 13.4. The van der Waals surface area contributed by atoms with E-state index in [1.54, 1.807) is 0 Å². The van der Waals surface area contributed by atoms with E-state index in [0.29, 0.717) is 0 Å². The molecule has 13 rings (SSSR count). The van der Waals surface area contributed by atoms with Crippen molar-refractivity contribution in [1.29, 1.82) is 0 Å². The van der Waals surface area contributed by atoms with Gasteiger partial charge in [0.1, 0.15) is 11.2 Å². The van der Waals surface area contributed by atoms with Crippen LogP contribution in [0.1, 0.15) is 0 Å². The van der Waals surface area contributed by atoms with Crippen LogP contribution in [0, 0.1) is 0 Å². The molecule has 0 aliphatic heterocycles. The summed E-state index contributed by atoms with van der Waals surface area (Å²) in [7, 11) is 0. The van der Waals surface area contributed by atoms with Crippen molar-refractivity contribution in [3.63, 3.8) is 0 Å². The number of benzene rings is 11. The van der Waals surface area contributed by atoms with Crippen LogP contribution in [0.15, 0.2) is 259 Å². The molecule has 2 heterocycles. The van der Waals surface area contributed by atoms with Crippen LogP contribution in [0.4, 0.5) is 17.1 Å². The van der Waals surface area contributed by atoms with Crippen molar-refractivity contribution in [2.45, 2.75) is 0 Å². The average molecular weight is 855 g/mol. The first-order chi connectivity index (χ1) is 33.2. The first-order valence-corrected chi connectivity index (χ1v) is 22.9. The molecular weight excluding hydrogens is 813 g/mol. The Bertz CT molecular complexity index is 3950. The van der Waals surface area contributed by atoms with Crippen LogP contribution in [-0.2, 0) is 0 Å². The zero-order valence-corrected chi connectivity index (χ0v) is 36.6. The molecule has 2 aromatic heterocycles. The number of para-hydroxylation sites is 3. The van der Waals surface area contributed by atoms with E-state index in [9.17, 15) is 0 Å². The smallest absolute Gasteiger partial charge is 0.137 e. The molecule has 0 atom stereocenters. The lowest BCUT2D eigenvalue weighted by molar-refractivity contribution is 0.669. The normalized spacial score (nSPS) is 11.6. The number of hydrogen-bond acceptors (Lipinski definition) is 2. The monoisotopic (exact) mass is 854 g/mol. The average Bonchev–Trinajstić information content (AvgIpc) is 3.96. The Labute approximate surface area is 388 Å². The molecule has 0 bridgehead atoms. The summed E-state index contributed by atoms with van der Waals surface area (Å²) in [6, 6.07) is 92.0. The van der Waals surface area contributed by atoms with Crippen molar-refractivity contribution in [2.24, 2.45) is 0 Å². The largest absolute Gasteiger partial charge is 0.456 e. The number of rotatable bonds is 8. The minimum atomic E-state index is 0.862. The van der Waals surface area contributed by atoms with Crippen LogP contribution in [0.2, 0.25) is 0 Å². The van der Waals surface area contributed by atoms with Crippen molar-refractivity contribution in [1.82, 2.24) is 4.57 Å². The van der Waals surface area contributed by atoms with E-state index in [4.69, 9.17) is 4.42 Å². The molecular formula is C64H42N2O. The second-order valence-electron chi connectivity index (χ2n) is 17.3. The quantitative estimate of drug-likeness (QED) is 0.152. The molecule has 0 spiro atoms. The fraction of sp³-hybridized carbons (Fsp3) is 0. The molecule has 0 aliphatic rings. The Hall–Kier alpha value is -8.92. The van der Waals surface area contributed by atoms with E-state index in [1.165, 1.54) is 66.0 Å². The van der Waals surface area contributed by atoms with Gasteiger partial charge in [0.25, 0.3) is 0 Å². The highest BCUT2D eigenvalue weighted by atomic mass is 16.3. The van der Waals surface area contributed by atoms with Crippen LogP contribution in [0.3, 0.4) is 0 Å². The first kappa shape index (κ1) is 38.5. The van der Waals surface area contributed by atoms with Gasteiger partial charge in [-0.05, 0) is 140 Å². The van der Waals surface area contributed by atoms with Gasteiger partial charge in [-0.3, -0.25) is 0 Å². The molecule has 0 N–H and O–H groups in total. The van der Waals surface area contributed by atoms with Crippen LogP contribution in [0.5, 0.6) is 0 Å². The highest BCUT2D eigenvalue weighted by Crippen LogP contribution is 2.45. The Balaban J connectivity index is 0.996. The summed E-state index contributed by atoms with van der Waals surface area (Å²) in [6.45, 7) is 0. The van der Waals surface area contributed by atoms with E-state index in [0.717, 1.165) is 55.8 Å². The van der Waals surface area contributed by atoms with Gasteiger partial charge in [-0.2, -0.15) is 0 Å². The standard InChI is InChI=1S/C64H42N2O/c1-3-16-43(17-4-1)44-32-36-51(37-33-44)65(60-29-15-31-62-64(60)57-24-10-12-30-61(57)67-62)52-38-34-45(35-39-52)47-40-48(54-25-13-19-46-18-7-8-22-53(46)54)42-49(41-47)55-26-14-28-59-63(55)56-23-9-11-27-58(56)66(59)50-20-5-2-6-21-50/h1-42H. The highest BCUT2D eigenvalue weighted by Gasteiger charge is 2.21. The lowest BCUT2D eigenvalue weighted by atomic mass is 9.90. The van der Waals surface area contributed by atoms with Crippen LogP contribution in [-0.4, -0.2) is 4.57 Å². The summed E-state index contributed by atoms with van der Waals surface area (Å²) in [5, 5.41) is 7.11. The number of furan rings is 1. The predicted octanol–water partition coefficient (Wildman–Crippen LogP) is 18.0. The third-order valence-electron chi connectivity index (χ3n) is 13.4. The number of fused-ring (bicyclic) bond motifs is 7. The van der Waals surface area contributed by atoms with Crippen LogP contribution in [0.25, 0.3) is 105 Å². The summed E-state index contributed by atoms with van der Waals surface area (Å²) < 4.78 is 8.84. The molecule has 0 unspecified atom stereocenters. The molecule has 0 saturated carbocycles. The van der Waals surface area contributed by atoms with Gasteiger partial charge < -0.3 is 13.9 Å². The molecule has 0 aliphatic carbocycles. The van der Waals surface area contributed by atoms with Crippen molar-refractivity contribution >= 4 is 71.6 Å². The van der Waals surface area contributed by atoms with Crippen molar-refractivity contribution < 1.29 is 4.42 Å². The Morgan fingerprint density at radius 2 is 0.836 bits per heavy atom. The molecule has 314 valence electrons. The van der Waals surface area contributed by atoms with Gasteiger partial charge in [-0.25, -0.2) is 0 Å². The Morgan fingerprint density at radius 3 is 1.61 bits per heavy atom. The van der Waals surface area contributed by atoms with Gasteiger partial charge in [0.15, 0.2) is 0 Å². The maximum absolute atomic E-state index is 6.44. The molecule has 11 aromatic carbocycles. The SMILES string of the molecule is c1ccc(-c2ccc(N(c3ccc(-c4cc(-c5cccc6ccccc56)cc(-c5cccc6c5c5ccccc5n6-c5ccccc5)c4)cc3)c3cccc4oc5ccccc5c34)cc2)cc1. The highest BCUT2D eigenvalue weighted by molar-refractivity contribution is 6.16. The second kappa shape index (κ2) is 16.0. The lowest BCUT2D eigenvalue weighted by Crippen LogP contribution is -2.10. The Morgan fingerprint density at radius 1 is 0.313 bits per heavy atom. The second-order valence-corrected chi connectivity index (χ2v) is 17.3. The zero-order valence-electron chi connectivity index (χ0n) is 36.6. The first-order valence-electron chi connectivity index (χ1n) is 22.9. The summed E-state index contributed by atoms with van der Waals surface area (Å²) >= 11 is 0. The zero-order chi connectivity index (χ0) is 44.3. The predicted molar refractivity (Wildman–Crippen MR) is 282 cm³/mol. The van der Waals surface area contributed by atoms with E-state index in [-0.39, 0.29) is 0 Å². The third kappa shape index (κ3) is 6.59. The van der Waals surface area contributed by atoms with E-state index in [1.807, 2.05) is 6.07 Å². The summed E-state index contributed by atoms with van der Waals surface area (Å²) in [5.41, 5.74) is 17.9. The molecule has 67 heavy (non-hydrogen) atoms. The topological polar surface area (TPSA) is 21.3 Å². The fourth-order valence-corrected chi connectivity index (χ4v) is 10.3. The minimum absolute atomic E-state index is 0.862. The van der Waals surface area contributed by atoms with E-state index < -0.39 is 0 Å². The number of hydrogen-bond donors (Lipinski definition) is 0. The van der Waals surface area contributed by atoms with Gasteiger partial charge in [-0.1, -0.05) is 170 Å². The molecule has 3 nitrogen and oxygen atoms in total. The number of nitrogens with zero attached hydrogens (tertiary/aromatic N) is 2. The number of anilines is 3. The van der Waals surface area contributed by atoms with E-state index in [2.05, 4.69) is 258 Å². The van der Waals surface area contributed by atoms with Crippen molar-refractivity contribution in [2.75, 3.05) is 4.90 Å². The minimum Gasteiger partial charge on any atom is -0.456 e.